The van der Waals surface area contributed by atoms with Gasteiger partial charge in [0.2, 0.25) is 0 Å². The van der Waals surface area contributed by atoms with Gasteiger partial charge in [0.05, 0.1) is 16.4 Å². The Morgan fingerprint density at radius 2 is 0.831 bits per heavy atom. The standard InChI is InChI=1S/C69H46N2/c1-4-19-52(20-5-1)69(53-21-6-2-7-22-53)64-29-14-12-26-60(64)61-43-42-57(46-65(61)69)70(56-40-35-49(36-41-56)59-28-16-18-50-32-31-48-17-10-11-25-58(48)68(50)59)55-38-33-47(34-39-55)51-37-44-67-63(45-51)62-27-13-15-30-66(62)71(67)54-23-8-3-9-24-54/h1-46H. The second-order valence-corrected chi connectivity index (χ2v) is 18.8. The number of aromatic nitrogens is 1. The third kappa shape index (κ3) is 6.42. The Kier molecular flexibility index (Phi) is 9.47. The molecule has 1 aliphatic carbocycles. The maximum atomic E-state index is 2.46. The molecule has 2 heteroatoms. The summed E-state index contributed by atoms with van der Waals surface area (Å²) in [5, 5.41) is 7.53. The average molecular weight is 903 g/mol. The van der Waals surface area contributed by atoms with E-state index in [2.05, 4.69) is 289 Å². The lowest BCUT2D eigenvalue weighted by molar-refractivity contribution is 0.768. The first-order chi connectivity index (χ1) is 35.2. The van der Waals surface area contributed by atoms with E-state index < -0.39 is 5.41 Å². The highest BCUT2D eigenvalue weighted by Crippen LogP contribution is 2.57. The molecule has 0 radical (unpaired) electrons. The van der Waals surface area contributed by atoms with Crippen molar-refractivity contribution >= 4 is 60.4 Å². The van der Waals surface area contributed by atoms with Crippen molar-refractivity contribution in [3.8, 4) is 39.1 Å². The number of nitrogens with zero attached hydrogens (tertiary/aromatic N) is 2. The Bertz CT molecular complexity index is 4090. The van der Waals surface area contributed by atoms with Crippen LogP contribution in [0.4, 0.5) is 17.1 Å². The highest BCUT2D eigenvalue weighted by atomic mass is 15.1. The SMILES string of the molecule is c1ccc(-n2c3ccccc3c3cc(-c4ccc(N(c5ccc(-c6cccc7ccc8ccccc8c67)cc5)c5ccc6c(c5)C(c5ccccc5)(c5ccccc5)c5ccccc5-6)cc4)ccc32)cc1. The number of para-hydroxylation sites is 2. The molecule has 1 aromatic heterocycles. The smallest absolute Gasteiger partial charge is 0.0714 e. The minimum Gasteiger partial charge on any atom is -0.310 e. The maximum Gasteiger partial charge on any atom is 0.0714 e. The zero-order valence-corrected chi connectivity index (χ0v) is 39.0. The van der Waals surface area contributed by atoms with Gasteiger partial charge in [-0.3, -0.25) is 0 Å². The average Bonchev–Trinajstić information content (AvgIpc) is 3.95. The largest absolute Gasteiger partial charge is 0.310 e. The van der Waals surface area contributed by atoms with Crippen LogP contribution < -0.4 is 4.90 Å². The maximum absolute atomic E-state index is 2.46. The predicted octanol–water partition coefficient (Wildman–Crippen LogP) is 18.3. The Labute approximate surface area is 413 Å². The highest BCUT2D eigenvalue weighted by Gasteiger charge is 2.46. The van der Waals surface area contributed by atoms with Crippen molar-refractivity contribution in [3.05, 3.63) is 301 Å². The molecular weight excluding hydrogens is 857 g/mol. The topological polar surface area (TPSA) is 8.17 Å². The number of hydrogen-bond donors (Lipinski definition) is 0. The van der Waals surface area contributed by atoms with Gasteiger partial charge in [-0.25, -0.2) is 0 Å². The van der Waals surface area contributed by atoms with Crippen LogP contribution in [0.15, 0.2) is 279 Å². The first-order valence-corrected chi connectivity index (χ1v) is 24.6. The minimum atomic E-state index is -0.525. The van der Waals surface area contributed by atoms with Crippen LogP contribution in [0.2, 0.25) is 0 Å². The van der Waals surface area contributed by atoms with Crippen LogP contribution >= 0.6 is 0 Å². The molecule has 0 spiro atoms. The molecule has 0 saturated heterocycles. The molecule has 0 N–H and O–H groups in total. The first-order valence-electron chi connectivity index (χ1n) is 24.6. The van der Waals surface area contributed by atoms with Gasteiger partial charge in [0.1, 0.15) is 0 Å². The summed E-state index contributed by atoms with van der Waals surface area (Å²) < 4.78 is 2.38. The molecule has 2 nitrogen and oxygen atoms in total. The zero-order valence-electron chi connectivity index (χ0n) is 39.0. The molecule has 0 bridgehead atoms. The molecule has 0 aliphatic heterocycles. The van der Waals surface area contributed by atoms with Crippen molar-refractivity contribution in [2.75, 3.05) is 4.90 Å². The highest BCUT2D eigenvalue weighted by molar-refractivity contribution is 6.14. The van der Waals surface area contributed by atoms with E-state index in [1.807, 2.05) is 0 Å². The van der Waals surface area contributed by atoms with Crippen LogP contribution in [0.3, 0.4) is 0 Å². The molecule has 0 fully saturated rings. The lowest BCUT2D eigenvalue weighted by Crippen LogP contribution is -2.28. The summed E-state index contributed by atoms with van der Waals surface area (Å²) in [5.74, 6) is 0. The summed E-state index contributed by atoms with van der Waals surface area (Å²) in [4.78, 5) is 2.44. The van der Waals surface area contributed by atoms with Gasteiger partial charge < -0.3 is 9.47 Å². The van der Waals surface area contributed by atoms with Gasteiger partial charge in [0, 0.05) is 33.5 Å². The molecule has 1 heterocycles. The van der Waals surface area contributed by atoms with Gasteiger partial charge >= 0.3 is 0 Å². The van der Waals surface area contributed by atoms with Crippen molar-refractivity contribution in [2.45, 2.75) is 5.41 Å². The van der Waals surface area contributed by atoms with Crippen molar-refractivity contribution < 1.29 is 0 Å². The van der Waals surface area contributed by atoms with Crippen LogP contribution in [0.25, 0.3) is 82.4 Å². The fourth-order valence-corrected chi connectivity index (χ4v) is 11.9. The first kappa shape index (κ1) is 40.8. The van der Waals surface area contributed by atoms with Gasteiger partial charge in [-0.1, -0.05) is 212 Å². The Morgan fingerprint density at radius 1 is 0.296 bits per heavy atom. The number of rotatable bonds is 8. The van der Waals surface area contributed by atoms with Crippen LogP contribution in [0.5, 0.6) is 0 Å². The second-order valence-electron chi connectivity index (χ2n) is 18.8. The number of anilines is 3. The Morgan fingerprint density at radius 3 is 1.58 bits per heavy atom. The van der Waals surface area contributed by atoms with Gasteiger partial charge in [-0.15, -0.1) is 0 Å². The van der Waals surface area contributed by atoms with Gasteiger partial charge in [-0.2, -0.15) is 0 Å². The van der Waals surface area contributed by atoms with E-state index in [9.17, 15) is 0 Å². The van der Waals surface area contributed by atoms with E-state index in [-0.39, 0.29) is 0 Å². The number of fused-ring (bicyclic) bond motifs is 9. The minimum absolute atomic E-state index is 0.525. The summed E-state index contributed by atoms with van der Waals surface area (Å²) in [5.41, 5.74) is 18.7. The van der Waals surface area contributed by atoms with Crippen molar-refractivity contribution in [2.24, 2.45) is 0 Å². The molecule has 1 aliphatic rings. The van der Waals surface area contributed by atoms with Crippen LogP contribution in [-0.4, -0.2) is 4.57 Å². The number of benzene rings is 12. The summed E-state index contributed by atoms with van der Waals surface area (Å²) in [6, 6.07) is 103. The van der Waals surface area contributed by atoms with Gasteiger partial charge in [0.15, 0.2) is 0 Å². The van der Waals surface area contributed by atoms with E-state index in [1.54, 1.807) is 0 Å². The van der Waals surface area contributed by atoms with E-state index in [0.717, 1.165) is 22.7 Å². The molecule has 13 aromatic rings. The molecule has 12 aromatic carbocycles. The summed E-state index contributed by atoms with van der Waals surface area (Å²) in [6.45, 7) is 0. The summed E-state index contributed by atoms with van der Waals surface area (Å²) >= 11 is 0. The van der Waals surface area contributed by atoms with E-state index in [4.69, 9.17) is 0 Å². The fourth-order valence-electron chi connectivity index (χ4n) is 11.9. The van der Waals surface area contributed by atoms with Crippen molar-refractivity contribution in [3.63, 3.8) is 0 Å². The van der Waals surface area contributed by atoms with E-state index in [0.29, 0.717) is 0 Å². The Balaban J connectivity index is 0.936. The molecule has 14 rings (SSSR count). The normalized spacial score (nSPS) is 12.6. The molecular formula is C69H46N2. The lowest BCUT2D eigenvalue weighted by Gasteiger charge is -2.35. The van der Waals surface area contributed by atoms with Crippen LogP contribution in [-0.2, 0) is 5.41 Å². The van der Waals surface area contributed by atoms with Gasteiger partial charge in [-0.05, 0) is 144 Å². The molecule has 0 amide bonds. The molecule has 71 heavy (non-hydrogen) atoms. The summed E-state index contributed by atoms with van der Waals surface area (Å²) in [7, 11) is 0. The monoisotopic (exact) mass is 902 g/mol. The van der Waals surface area contributed by atoms with Crippen molar-refractivity contribution in [1.82, 2.24) is 4.57 Å². The third-order valence-electron chi connectivity index (χ3n) is 15.1. The van der Waals surface area contributed by atoms with Gasteiger partial charge in [0.25, 0.3) is 0 Å². The van der Waals surface area contributed by atoms with Crippen LogP contribution in [0, 0.1) is 0 Å². The molecule has 0 saturated carbocycles. The van der Waals surface area contributed by atoms with E-state index >= 15 is 0 Å². The lowest BCUT2D eigenvalue weighted by atomic mass is 9.67. The molecule has 0 unspecified atom stereocenters. The summed E-state index contributed by atoms with van der Waals surface area (Å²) in [6.07, 6.45) is 0. The second kappa shape index (κ2) is 16.5. The van der Waals surface area contributed by atoms with Crippen LogP contribution in [0.1, 0.15) is 22.3 Å². The molecule has 332 valence electrons. The number of hydrogen-bond acceptors (Lipinski definition) is 1. The van der Waals surface area contributed by atoms with Crippen molar-refractivity contribution in [1.29, 1.82) is 0 Å². The Hall–Kier alpha value is -9.24. The quantitative estimate of drug-likeness (QED) is 0.138. The van der Waals surface area contributed by atoms with E-state index in [1.165, 1.54) is 99.0 Å². The predicted molar refractivity (Wildman–Crippen MR) is 299 cm³/mol. The third-order valence-corrected chi connectivity index (χ3v) is 15.1. The molecule has 0 atom stereocenters. The fraction of sp³-hybridized carbons (Fsp3) is 0.0145. The zero-order chi connectivity index (χ0) is 46.9.